The molecule has 3 aromatic rings. The van der Waals surface area contributed by atoms with Gasteiger partial charge in [0.05, 0.1) is 17.7 Å². The third-order valence-corrected chi connectivity index (χ3v) is 4.24. The lowest BCUT2D eigenvalue weighted by atomic mass is 9.93. The zero-order valence-electron chi connectivity index (χ0n) is 15.9. The Labute approximate surface area is 164 Å². The standard InChI is InChI=1S/C23H23FN2O2/c1-16(2)28-22-9-4-3-8-21(22)26-23(27)20(15-19-7-5-6-14-25-19)17-10-12-18(24)13-11-17/h3-14,16,20H,15H2,1-2H3,(H,26,27). The van der Waals surface area contributed by atoms with E-state index in [1.807, 2.05) is 50.2 Å². The Kier molecular flexibility index (Phi) is 6.37. The van der Waals surface area contributed by atoms with Gasteiger partial charge in [0, 0.05) is 18.3 Å². The zero-order chi connectivity index (χ0) is 19.9. The highest BCUT2D eigenvalue weighted by Crippen LogP contribution is 2.28. The maximum Gasteiger partial charge on any atom is 0.232 e. The quantitative estimate of drug-likeness (QED) is 0.631. The number of carbonyl (C=O) groups excluding carboxylic acids is 1. The summed E-state index contributed by atoms with van der Waals surface area (Å²) in [7, 11) is 0. The SMILES string of the molecule is CC(C)Oc1ccccc1NC(=O)C(Cc1ccccn1)c1ccc(F)cc1. The zero-order valence-corrected chi connectivity index (χ0v) is 15.9. The number of halogens is 1. The maximum absolute atomic E-state index is 13.4. The second kappa shape index (κ2) is 9.13. The summed E-state index contributed by atoms with van der Waals surface area (Å²) >= 11 is 0. The van der Waals surface area contributed by atoms with E-state index in [1.165, 1.54) is 12.1 Å². The van der Waals surface area contributed by atoms with Crippen LogP contribution >= 0.6 is 0 Å². The Morgan fingerprint density at radius 3 is 2.43 bits per heavy atom. The van der Waals surface area contributed by atoms with E-state index >= 15 is 0 Å². The number of benzene rings is 2. The van der Waals surface area contributed by atoms with Gasteiger partial charge in [-0.05, 0) is 55.8 Å². The first-order valence-electron chi connectivity index (χ1n) is 9.25. The van der Waals surface area contributed by atoms with Crippen LogP contribution in [0.15, 0.2) is 72.9 Å². The van der Waals surface area contributed by atoms with Crippen molar-refractivity contribution < 1.29 is 13.9 Å². The summed E-state index contributed by atoms with van der Waals surface area (Å²) in [6.07, 6.45) is 2.09. The van der Waals surface area contributed by atoms with E-state index in [1.54, 1.807) is 24.4 Å². The molecule has 0 bridgehead atoms. The molecular formula is C23H23FN2O2. The van der Waals surface area contributed by atoms with Gasteiger partial charge >= 0.3 is 0 Å². The number of rotatable bonds is 7. The van der Waals surface area contributed by atoms with Gasteiger partial charge in [-0.1, -0.05) is 30.3 Å². The highest BCUT2D eigenvalue weighted by molar-refractivity contribution is 5.97. The molecule has 1 amide bonds. The average Bonchev–Trinajstić information content (AvgIpc) is 2.69. The number of hydrogen-bond donors (Lipinski definition) is 1. The molecule has 3 rings (SSSR count). The number of amides is 1. The molecule has 0 fully saturated rings. The summed E-state index contributed by atoms with van der Waals surface area (Å²) in [5, 5.41) is 2.96. The predicted molar refractivity (Wildman–Crippen MR) is 108 cm³/mol. The molecule has 1 aromatic heterocycles. The van der Waals surface area contributed by atoms with Crippen molar-refractivity contribution >= 4 is 11.6 Å². The van der Waals surface area contributed by atoms with Gasteiger partial charge in [-0.3, -0.25) is 9.78 Å². The van der Waals surface area contributed by atoms with Gasteiger partial charge in [0.2, 0.25) is 5.91 Å². The Hall–Kier alpha value is -3.21. The largest absolute Gasteiger partial charge is 0.489 e. The molecule has 0 saturated heterocycles. The fraction of sp³-hybridized carbons (Fsp3) is 0.217. The first kappa shape index (κ1) is 19.5. The Morgan fingerprint density at radius 1 is 1.04 bits per heavy atom. The van der Waals surface area contributed by atoms with Gasteiger partial charge in [-0.15, -0.1) is 0 Å². The predicted octanol–water partition coefficient (Wildman–Crippen LogP) is 4.97. The van der Waals surface area contributed by atoms with Gasteiger partial charge in [-0.2, -0.15) is 0 Å². The molecule has 144 valence electrons. The first-order chi connectivity index (χ1) is 13.5. The molecule has 1 atom stereocenters. The van der Waals surface area contributed by atoms with Gasteiger partial charge in [-0.25, -0.2) is 4.39 Å². The first-order valence-corrected chi connectivity index (χ1v) is 9.25. The number of carbonyl (C=O) groups is 1. The van der Waals surface area contributed by atoms with Crippen molar-refractivity contribution in [2.75, 3.05) is 5.32 Å². The Morgan fingerprint density at radius 2 is 1.75 bits per heavy atom. The highest BCUT2D eigenvalue weighted by Gasteiger charge is 2.23. The van der Waals surface area contributed by atoms with Crippen LogP contribution in [-0.2, 0) is 11.2 Å². The summed E-state index contributed by atoms with van der Waals surface area (Å²) in [4.78, 5) is 17.5. The van der Waals surface area contributed by atoms with Crippen molar-refractivity contribution in [2.24, 2.45) is 0 Å². The van der Waals surface area contributed by atoms with E-state index in [-0.39, 0.29) is 17.8 Å². The molecule has 1 unspecified atom stereocenters. The van der Waals surface area contributed by atoms with Crippen molar-refractivity contribution in [3.05, 3.63) is 90.0 Å². The van der Waals surface area contributed by atoms with Crippen molar-refractivity contribution in [2.45, 2.75) is 32.3 Å². The molecule has 5 heteroatoms. The number of ether oxygens (including phenoxy) is 1. The van der Waals surface area contributed by atoms with Crippen molar-refractivity contribution in [3.63, 3.8) is 0 Å². The van der Waals surface area contributed by atoms with E-state index in [0.29, 0.717) is 17.9 Å². The topological polar surface area (TPSA) is 51.2 Å². The van der Waals surface area contributed by atoms with Crippen LogP contribution in [0.4, 0.5) is 10.1 Å². The Bertz CT molecular complexity index is 911. The molecule has 1 heterocycles. The third kappa shape index (κ3) is 5.16. The molecule has 0 spiro atoms. The fourth-order valence-corrected chi connectivity index (χ4v) is 2.93. The second-order valence-electron chi connectivity index (χ2n) is 6.78. The minimum atomic E-state index is -0.511. The molecule has 2 aromatic carbocycles. The van der Waals surface area contributed by atoms with Crippen LogP contribution in [0.3, 0.4) is 0 Å². The summed E-state index contributed by atoms with van der Waals surface area (Å²) < 4.78 is 19.2. The average molecular weight is 378 g/mol. The van der Waals surface area contributed by atoms with E-state index in [4.69, 9.17) is 4.74 Å². The van der Waals surface area contributed by atoms with E-state index in [9.17, 15) is 9.18 Å². The number of hydrogen-bond acceptors (Lipinski definition) is 3. The fourth-order valence-electron chi connectivity index (χ4n) is 2.93. The number of nitrogens with one attached hydrogen (secondary N) is 1. The van der Waals surface area contributed by atoms with Crippen LogP contribution < -0.4 is 10.1 Å². The lowest BCUT2D eigenvalue weighted by Crippen LogP contribution is -2.24. The van der Waals surface area contributed by atoms with Crippen molar-refractivity contribution in [1.29, 1.82) is 0 Å². The summed E-state index contributed by atoms with van der Waals surface area (Å²) in [5.74, 6) is -0.433. The number of pyridine rings is 1. The number of para-hydroxylation sites is 2. The molecular weight excluding hydrogens is 355 g/mol. The number of aromatic nitrogens is 1. The van der Waals surface area contributed by atoms with E-state index < -0.39 is 5.92 Å². The van der Waals surface area contributed by atoms with Crippen molar-refractivity contribution in [1.82, 2.24) is 4.98 Å². The van der Waals surface area contributed by atoms with E-state index in [2.05, 4.69) is 10.3 Å². The minimum Gasteiger partial charge on any atom is -0.489 e. The highest BCUT2D eigenvalue weighted by atomic mass is 19.1. The molecule has 0 aliphatic heterocycles. The molecule has 1 N–H and O–H groups in total. The lowest BCUT2D eigenvalue weighted by Gasteiger charge is -2.19. The monoisotopic (exact) mass is 378 g/mol. The van der Waals surface area contributed by atoms with Crippen LogP contribution in [0, 0.1) is 5.82 Å². The van der Waals surface area contributed by atoms with Gasteiger partial charge < -0.3 is 10.1 Å². The van der Waals surface area contributed by atoms with E-state index in [0.717, 1.165) is 11.3 Å². The smallest absolute Gasteiger partial charge is 0.232 e. The van der Waals surface area contributed by atoms with Gasteiger partial charge in [0.15, 0.2) is 0 Å². The molecule has 0 radical (unpaired) electrons. The minimum absolute atomic E-state index is 0.0144. The second-order valence-corrected chi connectivity index (χ2v) is 6.78. The van der Waals surface area contributed by atoms with Crippen LogP contribution in [0.5, 0.6) is 5.75 Å². The van der Waals surface area contributed by atoms with Gasteiger partial charge in [0.25, 0.3) is 0 Å². The number of nitrogens with zero attached hydrogens (tertiary/aromatic N) is 1. The summed E-state index contributed by atoms with van der Waals surface area (Å²) in [6.45, 7) is 3.86. The van der Waals surface area contributed by atoms with Crippen LogP contribution in [0.2, 0.25) is 0 Å². The van der Waals surface area contributed by atoms with Crippen LogP contribution in [0.1, 0.15) is 31.0 Å². The third-order valence-electron chi connectivity index (χ3n) is 4.24. The van der Waals surface area contributed by atoms with Crippen molar-refractivity contribution in [3.8, 4) is 5.75 Å². The van der Waals surface area contributed by atoms with Crippen LogP contribution in [0.25, 0.3) is 0 Å². The normalized spacial score (nSPS) is 11.9. The van der Waals surface area contributed by atoms with Crippen LogP contribution in [-0.4, -0.2) is 17.0 Å². The van der Waals surface area contributed by atoms with Gasteiger partial charge in [0.1, 0.15) is 11.6 Å². The maximum atomic E-state index is 13.4. The summed E-state index contributed by atoms with van der Waals surface area (Å²) in [6, 6.07) is 18.9. The Balaban J connectivity index is 1.87. The lowest BCUT2D eigenvalue weighted by molar-refractivity contribution is -0.117. The molecule has 0 aliphatic rings. The molecule has 0 saturated carbocycles. The number of anilines is 1. The molecule has 0 aliphatic carbocycles. The molecule has 4 nitrogen and oxygen atoms in total. The molecule has 28 heavy (non-hydrogen) atoms. The summed E-state index contributed by atoms with van der Waals surface area (Å²) in [5.41, 5.74) is 2.12.